The standard InChI is InChI=1S/C15H17FN2/c1-11-4-3-5-14(17)15(11)18(2)10-12-6-8-13(16)9-7-12/h3-9H,10,17H2,1-2H3. The number of aryl methyl sites for hydroxylation is 1. The van der Waals surface area contributed by atoms with Crippen LogP contribution in [0, 0.1) is 12.7 Å². The Bertz CT molecular complexity index is 514. The zero-order valence-electron chi connectivity index (χ0n) is 10.7. The summed E-state index contributed by atoms with van der Waals surface area (Å²) in [6.07, 6.45) is 0. The van der Waals surface area contributed by atoms with Crippen LogP contribution in [0.3, 0.4) is 0 Å². The van der Waals surface area contributed by atoms with Crippen LogP contribution in [0.1, 0.15) is 11.1 Å². The Balaban J connectivity index is 2.22. The molecule has 0 spiro atoms. The fourth-order valence-electron chi connectivity index (χ4n) is 2.15. The van der Waals surface area contributed by atoms with Crippen LogP contribution in [0.5, 0.6) is 0 Å². The highest BCUT2D eigenvalue weighted by molar-refractivity contribution is 5.71. The van der Waals surface area contributed by atoms with E-state index in [9.17, 15) is 4.39 Å². The third-order valence-corrected chi connectivity index (χ3v) is 2.98. The summed E-state index contributed by atoms with van der Waals surface area (Å²) in [5, 5.41) is 0. The maximum Gasteiger partial charge on any atom is 0.123 e. The van der Waals surface area contributed by atoms with Gasteiger partial charge in [-0.3, -0.25) is 0 Å². The van der Waals surface area contributed by atoms with Gasteiger partial charge in [0.15, 0.2) is 0 Å². The van der Waals surface area contributed by atoms with Crippen LogP contribution in [0.2, 0.25) is 0 Å². The molecule has 2 nitrogen and oxygen atoms in total. The van der Waals surface area contributed by atoms with Crippen LogP contribution in [-0.4, -0.2) is 7.05 Å². The van der Waals surface area contributed by atoms with Gasteiger partial charge in [0.2, 0.25) is 0 Å². The number of hydrogen-bond donors (Lipinski definition) is 1. The first-order valence-corrected chi connectivity index (χ1v) is 5.88. The SMILES string of the molecule is Cc1cccc(N)c1N(C)Cc1ccc(F)cc1. The molecule has 0 atom stereocenters. The van der Waals surface area contributed by atoms with Gasteiger partial charge in [-0.05, 0) is 36.2 Å². The predicted octanol–water partition coefficient (Wildman–Crippen LogP) is 3.35. The van der Waals surface area contributed by atoms with Gasteiger partial charge in [-0.2, -0.15) is 0 Å². The number of nitrogens with zero attached hydrogens (tertiary/aromatic N) is 1. The molecule has 0 aliphatic carbocycles. The maximum absolute atomic E-state index is 12.8. The van der Waals surface area contributed by atoms with E-state index in [1.807, 2.05) is 32.2 Å². The molecule has 0 fully saturated rings. The first-order chi connectivity index (χ1) is 8.58. The average Bonchev–Trinajstić information content (AvgIpc) is 2.32. The fraction of sp³-hybridized carbons (Fsp3) is 0.200. The van der Waals surface area contributed by atoms with Gasteiger partial charge < -0.3 is 10.6 Å². The number of halogens is 1. The molecule has 0 bridgehead atoms. The van der Waals surface area contributed by atoms with Gasteiger partial charge in [-0.25, -0.2) is 4.39 Å². The van der Waals surface area contributed by atoms with Crippen molar-refractivity contribution in [3.63, 3.8) is 0 Å². The summed E-state index contributed by atoms with van der Waals surface area (Å²) >= 11 is 0. The Hall–Kier alpha value is -2.03. The number of para-hydroxylation sites is 1. The highest BCUT2D eigenvalue weighted by atomic mass is 19.1. The molecular weight excluding hydrogens is 227 g/mol. The largest absolute Gasteiger partial charge is 0.397 e. The van der Waals surface area contributed by atoms with Crippen molar-refractivity contribution in [3.8, 4) is 0 Å². The molecule has 2 aromatic carbocycles. The normalized spacial score (nSPS) is 10.4. The van der Waals surface area contributed by atoms with Crippen LogP contribution in [0.4, 0.5) is 15.8 Å². The molecule has 2 N–H and O–H groups in total. The summed E-state index contributed by atoms with van der Waals surface area (Å²) in [5.74, 6) is -0.211. The van der Waals surface area contributed by atoms with E-state index < -0.39 is 0 Å². The van der Waals surface area contributed by atoms with Crippen molar-refractivity contribution in [1.29, 1.82) is 0 Å². The van der Waals surface area contributed by atoms with Crippen LogP contribution in [0.25, 0.3) is 0 Å². The average molecular weight is 244 g/mol. The lowest BCUT2D eigenvalue weighted by Gasteiger charge is -2.23. The van der Waals surface area contributed by atoms with Gasteiger partial charge in [0.25, 0.3) is 0 Å². The molecule has 0 heterocycles. The molecule has 0 aliphatic heterocycles. The van der Waals surface area contributed by atoms with Crippen molar-refractivity contribution in [1.82, 2.24) is 0 Å². The number of hydrogen-bond acceptors (Lipinski definition) is 2. The van der Waals surface area contributed by atoms with Crippen LogP contribution in [0.15, 0.2) is 42.5 Å². The molecule has 94 valence electrons. The molecule has 0 unspecified atom stereocenters. The molecule has 0 saturated carbocycles. The van der Waals surface area contributed by atoms with Crippen LogP contribution in [-0.2, 0) is 6.54 Å². The number of benzene rings is 2. The lowest BCUT2D eigenvalue weighted by Crippen LogP contribution is -2.18. The smallest absolute Gasteiger partial charge is 0.123 e. The molecule has 3 heteroatoms. The second kappa shape index (κ2) is 5.08. The Kier molecular flexibility index (Phi) is 3.51. The van der Waals surface area contributed by atoms with Crippen molar-refractivity contribution < 1.29 is 4.39 Å². The topological polar surface area (TPSA) is 29.3 Å². The monoisotopic (exact) mass is 244 g/mol. The van der Waals surface area contributed by atoms with Gasteiger partial charge >= 0.3 is 0 Å². The van der Waals surface area contributed by atoms with E-state index in [1.165, 1.54) is 12.1 Å². The molecule has 0 aromatic heterocycles. The zero-order chi connectivity index (χ0) is 13.1. The van der Waals surface area contributed by atoms with Gasteiger partial charge in [-0.1, -0.05) is 24.3 Å². The molecule has 2 aromatic rings. The number of rotatable bonds is 3. The molecule has 2 rings (SSSR count). The Morgan fingerprint density at radius 3 is 2.39 bits per heavy atom. The van der Waals surface area contributed by atoms with Crippen molar-refractivity contribution >= 4 is 11.4 Å². The second-order valence-electron chi connectivity index (χ2n) is 4.50. The van der Waals surface area contributed by atoms with Gasteiger partial charge in [0, 0.05) is 13.6 Å². The quantitative estimate of drug-likeness (QED) is 0.839. The van der Waals surface area contributed by atoms with Crippen molar-refractivity contribution in [3.05, 3.63) is 59.4 Å². The van der Waals surface area contributed by atoms with Crippen LogP contribution < -0.4 is 10.6 Å². The van der Waals surface area contributed by atoms with E-state index in [1.54, 1.807) is 12.1 Å². The fourth-order valence-corrected chi connectivity index (χ4v) is 2.15. The molecule has 0 saturated heterocycles. The van der Waals surface area contributed by atoms with E-state index >= 15 is 0 Å². The molecule has 0 amide bonds. The van der Waals surface area contributed by atoms with Crippen molar-refractivity contribution in [2.75, 3.05) is 17.7 Å². The van der Waals surface area contributed by atoms with Crippen LogP contribution >= 0.6 is 0 Å². The Morgan fingerprint density at radius 1 is 1.11 bits per heavy atom. The van der Waals surface area contributed by atoms with Gasteiger partial charge in [0.1, 0.15) is 5.82 Å². The minimum absolute atomic E-state index is 0.211. The third-order valence-electron chi connectivity index (χ3n) is 2.98. The number of anilines is 2. The lowest BCUT2D eigenvalue weighted by molar-refractivity contribution is 0.627. The van der Waals surface area contributed by atoms with E-state index in [-0.39, 0.29) is 5.82 Å². The highest BCUT2D eigenvalue weighted by Crippen LogP contribution is 2.27. The predicted molar refractivity (Wildman–Crippen MR) is 74.1 cm³/mol. The maximum atomic E-state index is 12.8. The van der Waals surface area contributed by atoms with Crippen molar-refractivity contribution in [2.24, 2.45) is 0 Å². The summed E-state index contributed by atoms with van der Waals surface area (Å²) in [5.41, 5.74) is 9.99. The van der Waals surface area contributed by atoms with Gasteiger partial charge in [-0.15, -0.1) is 0 Å². The van der Waals surface area contributed by atoms with Crippen molar-refractivity contribution in [2.45, 2.75) is 13.5 Å². The molecule has 18 heavy (non-hydrogen) atoms. The molecule has 0 radical (unpaired) electrons. The zero-order valence-corrected chi connectivity index (χ0v) is 10.7. The number of nitrogen functional groups attached to an aromatic ring is 1. The lowest BCUT2D eigenvalue weighted by atomic mass is 10.1. The summed E-state index contributed by atoms with van der Waals surface area (Å²) < 4.78 is 12.8. The van der Waals surface area contributed by atoms with Gasteiger partial charge in [0.05, 0.1) is 11.4 Å². The Labute approximate surface area is 107 Å². The second-order valence-corrected chi connectivity index (χ2v) is 4.50. The summed E-state index contributed by atoms with van der Waals surface area (Å²) in [6.45, 7) is 2.74. The van der Waals surface area contributed by atoms with E-state index in [0.29, 0.717) is 6.54 Å². The van der Waals surface area contributed by atoms with E-state index in [2.05, 4.69) is 4.90 Å². The first kappa shape index (κ1) is 12.4. The molecule has 0 aliphatic rings. The minimum atomic E-state index is -0.211. The summed E-state index contributed by atoms with van der Waals surface area (Å²) in [6, 6.07) is 12.4. The van der Waals surface area contributed by atoms with E-state index in [0.717, 1.165) is 22.5 Å². The minimum Gasteiger partial charge on any atom is -0.397 e. The Morgan fingerprint density at radius 2 is 1.78 bits per heavy atom. The summed E-state index contributed by atoms with van der Waals surface area (Å²) in [7, 11) is 1.99. The summed E-state index contributed by atoms with van der Waals surface area (Å²) in [4.78, 5) is 2.08. The first-order valence-electron chi connectivity index (χ1n) is 5.88. The number of nitrogens with two attached hydrogens (primary N) is 1. The third kappa shape index (κ3) is 2.62. The highest BCUT2D eigenvalue weighted by Gasteiger charge is 2.08. The van der Waals surface area contributed by atoms with E-state index in [4.69, 9.17) is 5.73 Å². The molecular formula is C15H17FN2.